The van der Waals surface area contributed by atoms with E-state index in [-0.39, 0.29) is 23.9 Å². The highest BCUT2D eigenvalue weighted by atomic mass is 35.5. The summed E-state index contributed by atoms with van der Waals surface area (Å²) in [4.78, 5) is 24.1. The van der Waals surface area contributed by atoms with Crippen molar-refractivity contribution in [1.29, 1.82) is 0 Å². The van der Waals surface area contributed by atoms with Crippen LogP contribution in [0.2, 0.25) is 5.02 Å². The molecule has 2 heterocycles. The first kappa shape index (κ1) is 27.3. The Balaban J connectivity index is 1.40. The summed E-state index contributed by atoms with van der Waals surface area (Å²) in [7, 11) is 1.67. The molecule has 2 aromatic rings. The summed E-state index contributed by atoms with van der Waals surface area (Å²) in [5, 5.41) is 13.7. The van der Waals surface area contributed by atoms with Crippen molar-refractivity contribution in [1.82, 2.24) is 20.2 Å². The highest BCUT2D eigenvalue weighted by Crippen LogP contribution is 2.33. The van der Waals surface area contributed by atoms with Crippen molar-refractivity contribution in [3.63, 3.8) is 0 Å². The number of hydrogen-bond donors (Lipinski definition) is 4. The van der Waals surface area contributed by atoms with Crippen molar-refractivity contribution < 1.29 is 9.53 Å². The molecule has 0 bridgehead atoms. The lowest BCUT2D eigenvalue weighted by Gasteiger charge is -2.22. The van der Waals surface area contributed by atoms with Gasteiger partial charge in [-0.2, -0.15) is 4.98 Å². The number of ether oxygens (including phenoxy) is 1. The lowest BCUT2D eigenvalue weighted by atomic mass is 10.0. The summed E-state index contributed by atoms with van der Waals surface area (Å²) in [6.07, 6.45) is 5.52. The van der Waals surface area contributed by atoms with Crippen LogP contribution in [0.5, 0.6) is 5.75 Å². The number of nitrogens with zero attached hydrogens (tertiary/aromatic N) is 3. The number of likely N-dealkylation sites (tertiary alicyclic amines) is 1. The standard InChI is InChI=1S/C27H40ClN7O2/c1-5-35-12-11-18(16-35)14-29-23-10-9-19(13-24(23)37-4)32-27-30-15-21(28)25(34-27)33-22-8-6-7-20(22)26(36)31-17(2)3/h9-10,13,15,17-18,20,22,29H,5-8,11-12,14,16H2,1-4H3,(H,31,36)(H2,30,32,33,34)/t18?,20-,22+/m0/s1. The van der Waals surface area contributed by atoms with Gasteiger partial charge in [-0.15, -0.1) is 0 Å². The normalized spacial score (nSPS) is 21.7. The van der Waals surface area contributed by atoms with Gasteiger partial charge in [0.05, 0.1) is 24.9 Å². The average molecular weight is 530 g/mol. The van der Waals surface area contributed by atoms with Crippen LogP contribution in [0.25, 0.3) is 0 Å². The van der Waals surface area contributed by atoms with Crippen LogP contribution in [0, 0.1) is 11.8 Å². The fourth-order valence-corrected chi connectivity index (χ4v) is 5.35. The van der Waals surface area contributed by atoms with Gasteiger partial charge in [0.15, 0.2) is 5.82 Å². The van der Waals surface area contributed by atoms with Crippen LogP contribution < -0.4 is 26.0 Å². The van der Waals surface area contributed by atoms with E-state index in [0.717, 1.165) is 56.0 Å². The predicted octanol–water partition coefficient (Wildman–Crippen LogP) is 4.74. The minimum atomic E-state index is -0.108. The second kappa shape index (κ2) is 12.6. The fourth-order valence-electron chi connectivity index (χ4n) is 5.21. The zero-order valence-electron chi connectivity index (χ0n) is 22.3. The third-order valence-corrected chi connectivity index (χ3v) is 7.48. The van der Waals surface area contributed by atoms with Gasteiger partial charge in [0.2, 0.25) is 11.9 Å². The quantitative estimate of drug-likeness (QED) is 0.331. The molecule has 1 aromatic carbocycles. The van der Waals surface area contributed by atoms with E-state index in [1.54, 1.807) is 13.3 Å². The molecule has 4 rings (SSSR count). The van der Waals surface area contributed by atoms with Gasteiger partial charge in [-0.3, -0.25) is 4.79 Å². The van der Waals surface area contributed by atoms with Crippen LogP contribution in [0.1, 0.15) is 46.5 Å². The first-order chi connectivity index (χ1) is 17.9. The van der Waals surface area contributed by atoms with Crippen LogP contribution >= 0.6 is 11.6 Å². The maximum Gasteiger partial charge on any atom is 0.229 e. The number of rotatable bonds is 11. The van der Waals surface area contributed by atoms with Gasteiger partial charge >= 0.3 is 0 Å². The molecule has 1 saturated carbocycles. The topological polar surface area (TPSA) is 103 Å². The Morgan fingerprint density at radius 1 is 1.27 bits per heavy atom. The van der Waals surface area contributed by atoms with Crippen LogP contribution in [-0.2, 0) is 4.79 Å². The second-order valence-electron chi connectivity index (χ2n) is 10.3. The highest BCUT2D eigenvalue weighted by molar-refractivity contribution is 6.32. The Morgan fingerprint density at radius 3 is 2.84 bits per heavy atom. The van der Waals surface area contributed by atoms with Gasteiger partial charge in [-0.1, -0.05) is 24.9 Å². The number of aromatic nitrogens is 2. The van der Waals surface area contributed by atoms with Gasteiger partial charge in [0, 0.05) is 36.9 Å². The summed E-state index contributed by atoms with van der Waals surface area (Å²) in [5.41, 5.74) is 1.78. The Bertz CT molecular complexity index is 1070. The van der Waals surface area contributed by atoms with E-state index < -0.39 is 0 Å². The number of carbonyl (C=O) groups is 1. The molecule has 1 aliphatic carbocycles. The minimum Gasteiger partial charge on any atom is -0.495 e. The molecular weight excluding hydrogens is 490 g/mol. The third-order valence-electron chi connectivity index (χ3n) is 7.21. The molecule has 1 saturated heterocycles. The van der Waals surface area contributed by atoms with Crippen molar-refractivity contribution >= 4 is 40.6 Å². The van der Waals surface area contributed by atoms with Crippen molar-refractivity contribution in [2.45, 2.75) is 58.5 Å². The molecule has 1 amide bonds. The zero-order chi connectivity index (χ0) is 26.4. The van der Waals surface area contributed by atoms with Crippen LogP contribution in [0.15, 0.2) is 24.4 Å². The predicted molar refractivity (Wildman–Crippen MR) is 150 cm³/mol. The van der Waals surface area contributed by atoms with Crippen molar-refractivity contribution in [2.75, 3.05) is 49.2 Å². The van der Waals surface area contributed by atoms with Crippen molar-refractivity contribution in [3.05, 3.63) is 29.4 Å². The van der Waals surface area contributed by atoms with Crippen molar-refractivity contribution in [3.8, 4) is 5.75 Å². The van der Waals surface area contributed by atoms with Gasteiger partial charge in [0.25, 0.3) is 0 Å². The molecular formula is C27H40ClN7O2. The summed E-state index contributed by atoms with van der Waals surface area (Å²) in [6, 6.07) is 6.02. The lowest BCUT2D eigenvalue weighted by Crippen LogP contribution is -2.41. The fraction of sp³-hybridized carbons (Fsp3) is 0.593. The molecule has 0 radical (unpaired) electrons. The first-order valence-electron chi connectivity index (χ1n) is 13.4. The molecule has 1 aliphatic heterocycles. The maximum atomic E-state index is 12.6. The number of benzene rings is 1. The van der Waals surface area contributed by atoms with Gasteiger partial charge in [0.1, 0.15) is 10.8 Å². The minimum absolute atomic E-state index is 0.0197. The van der Waals surface area contributed by atoms with Crippen molar-refractivity contribution in [2.24, 2.45) is 11.8 Å². The van der Waals surface area contributed by atoms with E-state index in [0.29, 0.717) is 22.7 Å². The number of nitrogens with one attached hydrogen (secondary N) is 4. The number of anilines is 4. The molecule has 4 N–H and O–H groups in total. The van der Waals surface area contributed by atoms with E-state index in [2.05, 4.69) is 43.1 Å². The number of hydrogen-bond acceptors (Lipinski definition) is 8. The summed E-state index contributed by atoms with van der Waals surface area (Å²) < 4.78 is 5.65. The Hall–Kier alpha value is -2.78. The van der Waals surface area contributed by atoms with E-state index in [4.69, 9.17) is 16.3 Å². The number of methoxy groups -OCH3 is 1. The zero-order valence-corrected chi connectivity index (χ0v) is 23.1. The summed E-state index contributed by atoms with van der Waals surface area (Å²) in [6.45, 7) is 10.5. The average Bonchev–Trinajstić information content (AvgIpc) is 3.54. The van der Waals surface area contributed by atoms with E-state index in [1.165, 1.54) is 13.0 Å². The Labute approximate surface area is 225 Å². The molecule has 3 atom stereocenters. The summed E-state index contributed by atoms with van der Waals surface area (Å²) >= 11 is 6.42. The number of carbonyl (C=O) groups excluding carboxylic acids is 1. The molecule has 1 unspecified atom stereocenters. The van der Waals surface area contributed by atoms with Crippen LogP contribution in [0.4, 0.5) is 23.1 Å². The first-order valence-corrected chi connectivity index (χ1v) is 13.7. The SMILES string of the molecule is CCN1CCC(CNc2ccc(Nc3ncc(Cl)c(N[C@@H]4CCC[C@@H]4C(=O)NC(C)C)n3)cc2OC)C1. The molecule has 37 heavy (non-hydrogen) atoms. The molecule has 2 fully saturated rings. The Kier molecular flexibility index (Phi) is 9.32. The molecule has 10 heteroatoms. The van der Waals surface area contributed by atoms with Gasteiger partial charge in [-0.05, 0) is 64.3 Å². The van der Waals surface area contributed by atoms with Crippen LogP contribution in [0.3, 0.4) is 0 Å². The number of halogens is 1. The highest BCUT2D eigenvalue weighted by Gasteiger charge is 2.34. The molecule has 9 nitrogen and oxygen atoms in total. The van der Waals surface area contributed by atoms with E-state index in [9.17, 15) is 4.79 Å². The molecule has 0 spiro atoms. The van der Waals surface area contributed by atoms with E-state index in [1.807, 2.05) is 32.0 Å². The number of amides is 1. The largest absolute Gasteiger partial charge is 0.495 e. The smallest absolute Gasteiger partial charge is 0.229 e. The van der Waals surface area contributed by atoms with Gasteiger partial charge < -0.3 is 30.9 Å². The summed E-state index contributed by atoms with van der Waals surface area (Å²) in [5.74, 6) is 2.31. The Morgan fingerprint density at radius 2 is 2.11 bits per heavy atom. The molecule has 2 aliphatic rings. The monoisotopic (exact) mass is 529 g/mol. The lowest BCUT2D eigenvalue weighted by molar-refractivity contribution is -0.125. The third kappa shape index (κ3) is 7.17. The molecule has 1 aromatic heterocycles. The van der Waals surface area contributed by atoms with Gasteiger partial charge in [-0.25, -0.2) is 4.98 Å². The van der Waals surface area contributed by atoms with Crippen LogP contribution in [-0.4, -0.2) is 66.1 Å². The maximum absolute atomic E-state index is 12.6. The molecule has 202 valence electrons. The van der Waals surface area contributed by atoms with E-state index >= 15 is 0 Å². The second-order valence-corrected chi connectivity index (χ2v) is 10.7.